The maximum atomic E-state index is 4.59. The Bertz CT molecular complexity index is 1470. The van der Waals surface area contributed by atoms with Crippen molar-refractivity contribution in [2.24, 2.45) is 0 Å². The SMILES string of the molecule is C1=CC2=Cc3cccc4c3B(c3ccccc3N4c3ccccc3)N2C=C1c1ccccn1. The van der Waals surface area contributed by atoms with Gasteiger partial charge in [-0.3, -0.25) is 4.98 Å². The van der Waals surface area contributed by atoms with Crippen molar-refractivity contribution in [3.05, 3.63) is 132 Å². The number of hydrogen-bond acceptors (Lipinski definition) is 3. The molecule has 4 heteroatoms. The third-order valence-electron chi connectivity index (χ3n) is 6.67. The second-order valence-electron chi connectivity index (χ2n) is 8.52. The van der Waals surface area contributed by atoms with Gasteiger partial charge in [0.25, 0.3) is 0 Å². The minimum absolute atomic E-state index is 0.107. The molecule has 3 aliphatic rings. The van der Waals surface area contributed by atoms with Gasteiger partial charge in [0.2, 0.25) is 0 Å². The third kappa shape index (κ3) is 2.74. The van der Waals surface area contributed by atoms with Crippen molar-refractivity contribution in [1.29, 1.82) is 0 Å². The van der Waals surface area contributed by atoms with Crippen molar-refractivity contribution in [1.82, 2.24) is 9.79 Å². The second-order valence-corrected chi connectivity index (χ2v) is 8.52. The molecule has 0 saturated carbocycles. The van der Waals surface area contributed by atoms with Crippen LogP contribution in [0.15, 0.2) is 121 Å². The van der Waals surface area contributed by atoms with E-state index in [1.807, 2.05) is 18.3 Å². The molecule has 3 aliphatic heterocycles. The molecule has 0 fully saturated rings. The van der Waals surface area contributed by atoms with Gasteiger partial charge in [0.1, 0.15) is 0 Å². The van der Waals surface area contributed by atoms with Crippen LogP contribution in [0.3, 0.4) is 0 Å². The predicted molar refractivity (Wildman–Crippen MR) is 137 cm³/mol. The van der Waals surface area contributed by atoms with Gasteiger partial charge in [-0.15, -0.1) is 0 Å². The molecule has 33 heavy (non-hydrogen) atoms. The van der Waals surface area contributed by atoms with Crippen LogP contribution in [-0.2, 0) is 0 Å². The number of nitrogens with zero attached hydrogens (tertiary/aromatic N) is 3. The summed E-state index contributed by atoms with van der Waals surface area (Å²) in [4.78, 5) is 9.40. The fraction of sp³-hybridized carbons (Fsp3) is 0. The molecule has 0 unspecified atom stereocenters. The molecule has 7 rings (SSSR count). The summed E-state index contributed by atoms with van der Waals surface area (Å²) in [5.74, 6) is 0. The van der Waals surface area contributed by atoms with E-state index in [9.17, 15) is 0 Å². The second kappa shape index (κ2) is 7.11. The molecule has 0 aliphatic carbocycles. The van der Waals surface area contributed by atoms with Crippen LogP contribution < -0.4 is 15.8 Å². The van der Waals surface area contributed by atoms with E-state index in [0.29, 0.717) is 0 Å². The largest absolute Gasteiger partial charge is 0.382 e. The zero-order chi connectivity index (χ0) is 21.8. The number of para-hydroxylation sites is 2. The van der Waals surface area contributed by atoms with Gasteiger partial charge in [0.15, 0.2) is 0 Å². The van der Waals surface area contributed by atoms with Crippen LogP contribution in [0.25, 0.3) is 11.6 Å². The van der Waals surface area contributed by atoms with E-state index < -0.39 is 0 Å². The Morgan fingerprint density at radius 1 is 0.697 bits per heavy atom. The van der Waals surface area contributed by atoms with Crippen LogP contribution in [0.5, 0.6) is 0 Å². The Morgan fingerprint density at radius 2 is 1.52 bits per heavy atom. The first-order chi connectivity index (χ1) is 16.4. The van der Waals surface area contributed by atoms with E-state index in [-0.39, 0.29) is 6.85 Å². The molecule has 0 atom stereocenters. The molecule has 4 aromatic rings. The summed E-state index contributed by atoms with van der Waals surface area (Å²) in [6.07, 6.45) is 10.8. The third-order valence-corrected chi connectivity index (χ3v) is 6.67. The van der Waals surface area contributed by atoms with E-state index in [1.165, 1.54) is 39.2 Å². The van der Waals surface area contributed by atoms with Crippen LogP contribution in [0.4, 0.5) is 17.1 Å². The molecule has 0 spiro atoms. The summed E-state index contributed by atoms with van der Waals surface area (Å²) in [7, 11) is 0. The van der Waals surface area contributed by atoms with E-state index in [0.717, 1.165) is 11.3 Å². The maximum absolute atomic E-state index is 4.59. The van der Waals surface area contributed by atoms with Gasteiger partial charge in [-0.25, -0.2) is 0 Å². The fourth-order valence-electron chi connectivity index (χ4n) is 5.26. The van der Waals surface area contributed by atoms with E-state index >= 15 is 0 Å². The van der Waals surface area contributed by atoms with Crippen LogP contribution in [-0.4, -0.2) is 16.6 Å². The number of pyridine rings is 1. The summed E-state index contributed by atoms with van der Waals surface area (Å²) in [6, 6.07) is 32.2. The Balaban J connectivity index is 1.48. The molecule has 0 N–H and O–H groups in total. The summed E-state index contributed by atoms with van der Waals surface area (Å²) < 4.78 is 0. The predicted octanol–water partition coefficient (Wildman–Crippen LogP) is 5.24. The molecule has 0 bridgehead atoms. The van der Waals surface area contributed by atoms with Crippen molar-refractivity contribution >= 4 is 46.5 Å². The lowest BCUT2D eigenvalue weighted by Gasteiger charge is -2.44. The molecule has 0 saturated heterocycles. The van der Waals surface area contributed by atoms with Gasteiger partial charge in [-0.05, 0) is 71.1 Å². The Labute approximate surface area is 193 Å². The maximum Gasteiger partial charge on any atom is 0.332 e. The first-order valence-corrected chi connectivity index (χ1v) is 11.3. The average Bonchev–Trinajstić information content (AvgIpc) is 2.89. The summed E-state index contributed by atoms with van der Waals surface area (Å²) in [5.41, 5.74) is 10.9. The highest BCUT2D eigenvalue weighted by atomic mass is 15.2. The quantitative estimate of drug-likeness (QED) is 0.413. The minimum Gasteiger partial charge on any atom is -0.382 e. The summed E-state index contributed by atoms with van der Waals surface area (Å²) in [6.45, 7) is 0.107. The van der Waals surface area contributed by atoms with Crippen molar-refractivity contribution in [3.8, 4) is 0 Å². The molecule has 3 nitrogen and oxygen atoms in total. The van der Waals surface area contributed by atoms with Gasteiger partial charge in [0, 0.05) is 40.7 Å². The zero-order valence-corrected chi connectivity index (χ0v) is 18.0. The lowest BCUT2D eigenvalue weighted by Crippen LogP contribution is -2.60. The molecular formula is C29H20BN3. The van der Waals surface area contributed by atoms with Crippen molar-refractivity contribution < 1.29 is 0 Å². The van der Waals surface area contributed by atoms with E-state index in [1.54, 1.807) is 0 Å². The van der Waals surface area contributed by atoms with Gasteiger partial charge in [-0.2, -0.15) is 0 Å². The molecule has 1 aromatic heterocycles. The van der Waals surface area contributed by atoms with Crippen molar-refractivity contribution in [2.75, 3.05) is 4.90 Å². The number of rotatable bonds is 2. The van der Waals surface area contributed by atoms with Crippen LogP contribution in [0.2, 0.25) is 0 Å². The molecular weight excluding hydrogens is 401 g/mol. The topological polar surface area (TPSA) is 19.4 Å². The lowest BCUT2D eigenvalue weighted by atomic mass is 9.44. The number of allylic oxidation sites excluding steroid dienone is 3. The highest BCUT2D eigenvalue weighted by molar-refractivity contribution is 6.87. The van der Waals surface area contributed by atoms with Gasteiger partial charge < -0.3 is 9.71 Å². The first-order valence-electron chi connectivity index (χ1n) is 11.3. The van der Waals surface area contributed by atoms with Crippen LogP contribution in [0.1, 0.15) is 11.3 Å². The number of aromatic nitrogens is 1. The highest BCUT2D eigenvalue weighted by Crippen LogP contribution is 2.40. The van der Waals surface area contributed by atoms with Gasteiger partial charge in [-0.1, -0.05) is 54.6 Å². The zero-order valence-electron chi connectivity index (χ0n) is 18.0. The normalized spacial score (nSPS) is 15.3. The fourth-order valence-corrected chi connectivity index (χ4v) is 5.26. The molecule has 0 amide bonds. The van der Waals surface area contributed by atoms with Crippen LogP contribution >= 0.6 is 0 Å². The Kier molecular flexibility index (Phi) is 3.94. The number of benzene rings is 3. The Morgan fingerprint density at radius 3 is 2.39 bits per heavy atom. The standard InChI is InChI=1S/C29H20BN3/c1-2-10-23(11-3-1)33-27-14-5-4-12-25(27)30-29-21(9-8-15-28(29)33)19-24-17-16-22(20-32(24)30)26-13-6-7-18-31-26/h1-20H. The summed E-state index contributed by atoms with van der Waals surface area (Å²) >= 11 is 0. The van der Waals surface area contributed by atoms with E-state index in [2.05, 4.69) is 118 Å². The van der Waals surface area contributed by atoms with E-state index in [4.69, 9.17) is 0 Å². The number of anilines is 3. The first kappa shape index (κ1) is 18.3. The van der Waals surface area contributed by atoms with Crippen molar-refractivity contribution in [3.63, 3.8) is 0 Å². The smallest absolute Gasteiger partial charge is 0.332 e. The van der Waals surface area contributed by atoms with Gasteiger partial charge >= 0.3 is 6.85 Å². The van der Waals surface area contributed by atoms with Crippen molar-refractivity contribution in [2.45, 2.75) is 0 Å². The highest BCUT2D eigenvalue weighted by Gasteiger charge is 2.42. The minimum atomic E-state index is 0.107. The molecule has 4 heterocycles. The van der Waals surface area contributed by atoms with Crippen LogP contribution in [0, 0.1) is 0 Å². The average molecular weight is 421 g/mol. The molecule has 0 radical (unpaired) electrons. The number of fused-ring (bicyclic) bond motifs is 4. The lowest BCUT2D eigenvalue weighted by molar-refractivity contribution is 0.749. The number of hydrogen-bond donors (Lipinski definition) is 0. The summed E-state index contributed by atoms with van der Waals surface area (Å²) in [5, 5.41) is 0. The Hall–Kier alpha value is -4.31. The molecule has 154 valence electrons. The van der Waals surface area contributed by atoms with Gasteiger partial charge in [0.05, 0.1) is 5.69 Å². The molecule has 3 aromatic carbocycles. The monoisotopic (exact) mass is 421 g/mol.